The maximum atomic E-state index is 10.4. The highest BCUT2D eigenvalue weighted by Gasteiger charge is 2.10. The zero-order chi connectivity index (χ0) is 12.8. The quantitative estimate of drug-likeness (QED) is 0.709. The summed E-state index contributed by atoms with van der Waals surface area (Å²) in [5, 5.41) is 29.7. The SMILES string of the molecule is Cc1cccc(NCC(O)CC(=O)O)c1C#N. The molecule has 0 aliphatic heterocycles. The highest BCUT2D eigenvalue weighted by Crippen LogP contribution is 2.18. The first-order valence-corrected chi connectivity index (χ1v) is 5.18. The monoisotopic (exact) mass is 234 g/mol. The third-order valence-corrected chi connectivity index (χ3v) is 2.32. The summed E-state index contributed by atoms with van der Waals surface area (Å²) in [4.78, 5) is 10.4. The minimum atomic E-state index is -1.05. The number of carboxylic acids is 1. The van der Waals surface area contributed by atoms with Crippen LogP contribution >= 0.6 is 0 Å². The Hall–Kier alpha value is -2.06. The highest BCUT2D eigenvalue weighted by molar-refractivity contribution is 5.67. The fourth-order valence-electron chi connectivity index (χ4n) is 1.46. The van der Waals surface area contributed by atoms with Gasteiger partial charge in [-0.15, -0.1) is 0 Å². The summed E-state index contributed by atoms with van der Waals surface area (Å²) in [6, 6.07) is 7.40. The lowest BCUT2D eigenvalue weighted by Crippen LogP contribution is -2.23. The van der Waals surface area contributed by atoms with Crippen LogP contribution in [0.5, 0.6) is 0 Å². The molecule has 0 spiro atoms. The number of aryl methyl sites for hydroxylation is 1. The minimum absolute atomic E-state index is 0.102. The van der Waals surface area contributed by atoms with Crippen LogP contribution in [0, 0.1) is 18.3 Å². The van der Waals surface area contributed by atoms with E-state index in [0.717, 1.165) is 5.56 Å². The van der Waals surface area contributed by atoms with Gasteiger partial charge >= 0.3 is 5.97 Å². The second kappa shape index (κ2) is 5.87. The number of nitrogens with one attached hydrogen (secondary N) is 1. The standard InChI is InChI=1S/C12H14N2O3/c1-8-3-2-4-11(10(8)6-13)14-7-9(15)5-12(16)17/h2-4,9,14-15H,5,7H2,1H3,(H,16,17). The topological polar surface area (TPSA) is 93.3 Å². The number of anilines is 1. The van der Waals surface area contributed by atoms with E-state index in [9.17, 15) is 9.90 Å². The Morgan fingerprint density at radius 1 is 1.59 bits per heavy atom. The molecular weight excluding hydrogens is 220 g/mol. The van der Waals surface area contributed by atoms with E-state index in [-0.39, 0.29) is 13.0 Å². The number of hydrogen-bond acceptors (Lipinski definition) is 4. The molecule has 1 rings (SSSR count). The van der Waals surface area contributed by atoms with Gasteiger partial charge in [0.05, 0.1) is 23.8 Å². The Morgan fingerprint density at radius 3 is 2.88 bits per heavy atom. The van der Waals surface area contributed by atoms with E-state index in [1.165, 1.54) is 0 Å². The molecule has 90 valence electrons. The molecule has 0 radical (unpaired) electrons. The van der Waals surface area contributed by atoms with Crippen molar-refractivity contribution in [2.24, 2.45) is 0 Å². The fraction of sp³-hybridized carbons (Fsp3) is 0.333. The van der Waals surface area contributed by atoms with Crippen molar-refractivity contribution >= 4 is 11.7 Å². The zero-order valence-corrected chi connectivity index (χ0v) is 9.47. The van der Waals surface area contributed by atoms with Gasteiger partial charge in [0, 0.05) is 6.54 Å². The van der Waals surface area contributed by atoms with Crippen molar-refractivity contribution in [3.63, 3.8) is 0 Å². The molecule has 1 aromatic carbocycles. The van der Waals surface area contributed by atoms with Gasteiger partial charge < -0.3 is 15.5 Å². The number of aliphatic carboxylic acids is 1. The van der Waals surface area contributed by atoms with Crippen LogP contribution < -0.4 is 5.32 Å². The van der Waals surface area contributed by atoms with Crippen molar-refractivity contribution in [3.8, 4) is 6.07 Å². The van der Waals surface area contributed by atoms with Gasteiger partial charge in [-0.2, -0.15) is 5.26 Å². The van der Waals surface area contributed by atoms with Gasteiger partial charge in [0.2, 0.25) is 0 Å². The van der Waals surface area contributed by atoms with Crippen molar-refractivity contribution in [3.05, 3.63) is 29.3 Å². The minimum Gasteiger partial charge on any atom is -0.481 e. The average molecular weight is 234 g/mol. The number of carboxylic acid groups (broad SMARTS) is 1. The second-order valence-electron chi connectivity index (χ2n) is 3.74. The molecule has 1 aromatic rings. The van der Waals surface area contributed by atoms with Gasteiger partial charge in [-0.25, -0.2) is 0 Å². The molecule has 0 aliphatic rings. The van der Waals surface area contributed by atoms with Gasteiger partial charge in [-0.3, -0.25) is 4.79 Å². The number of carbonyl (C=O) groups is 1. The summed E-state index contributed by atoms with van der Waals surface area (Å²) in [6.07, 6.45) is -1.29. The number of rotatable bonds is 5. The van der Waals surface area contributed by atoms with Crippen LogP contribution in [0.1, 0.15) is 17.5 Å². The van der Waals surface area contributed by atoms with E-state index in [0.29, 0.717) is 11.3 Å². The predicted octanol–water partition coefficient (Wildman–Crippen LogP) is 1.11. The van der Waals surface area contributed by atoms with Crippen molar-refractivity contribution in [2.45, 2.75) is 19.4 Å². The Kier molecular flexibility index (Phi) is 4.49. The second-order valence-corrected chi connectivity index (χ2v) is 3.74. The van der Waals surface area contributed by atoms with E-state index < -0.39 is 12.1 Å². The van der Waals surface area contributed by atoms with Gasteiger partial charge in [0.1, 0.15) is 6.07 Å². The summed E-state index contributed by atoms with van der Waals surface area (Å²) in [7, 11) is 0. The van der Waals surface area contributed by atoms with Gasteiger partial charge in [-0.05, 0) is 18.6 Å². The van der Waals surface area contributed by atoms with Crippen molar-refractivity contribution < 1.29 is 15.0 Å². The molecule has 0 aliphatic carbocycles. The number of benzene rings is 1. The summed E-state index contributed by atoms with van der Waals surface area (Å²) in [5.74, 6) is -1.05. The van der Waals surface area contributed by atoms with E-state index >= 15 is 0 Å². The number of nitriles is 1. The first kappa shape index (κ1) is 13.0. The summed E-state index contributed by atoms with van der Waals surface area (Å²) >= 11 is 0. The average Bonchev–Trinajstić information content (AvgIpc) is 2.25. The molecular formula is C12H14N2O3. The molecule has 0 saturated carbocycles. The Balaban J connectivity index is 2.67. The maximum Gasteiger partial charge on any atom is 0.306 e. The van der Waals surface area contributed by atoms with Crippen LogP contribution in [-0.4, -0.2) is 28.8 Å². The molecule has 0 saturated heterocycles. The van der Waals surface area contributed by atoms with Crippen molar-refractivity contribution in [2.75, 3.05) is 11.9 Å². The Bertz CT molecular complexity index is 452. The van der Waals surface area contributed by atoms with Gasteiger partial charge in [-0.1, -0.05) is 12.1 Å². The van der Waals surface area contributed by atoms with Crippen LogP contribution in [0.4, 0.5) is 5.69 Å². The normalized spacial score (nSPS) is 11.6. The Labute approximate surface area is 99.3 Å². The van der Waals surface area contributed by atoms with Crippen LogP contribution in [0.25, 0.3) is 0 Å². The Morgan fingerprint density at radius 2 is 2.29 bits per heavy atom. The first-order valence-electron chi connectivity index (χ1n) is 5.18. The predicted molar refractivity (Wildman–Crippen MR) is 62.6 cm³/mol. The molecule has 17 heavy (non-hydrogen) atoms. The number of hydrogen-bond donors (Lipinski definition) is 3. The third-order valence-electron chi connectivity index (χ3n) is 2.32. The van der Waals surface area contributed by atoms with Gasteiger partial charge in [0.25, 0.3) is 0 Å². The molecule has 5 nitrogen and oxygen atoms in total. The van der Waals surface area contributed by atoms with Crippen molar-refractivity contribution in [1.29, 1.82) is 5.26 Å². The summed E-state index contributed by atoms with van der Waals surface area (Å²) in [6.45, 7) is 1.92. The van der Waals surface area contributed by atoms with Crippen molar-refractivity contribution in [1.82, 2.24) is 0 Å². The number of nitrogens with zero attached hydrogens (tertiary/aromatic N) is 1. The van der Waals surface area contributed by atoms with E-state index in [2.05, 4.69) is 11.4 Å². The molecule has 0 aromatic heterocycles. The molecule has 1 atom stereocenters. The van der Waals surface area contributed by atoms with Gasteiger partial charge in [0.15, 0.2) is 0 Å². The molecule has 5 heteroatoms. The third kappa shape index (κ3) is 3.78. The lowest BCUT2D eigenvalue weighted by molar-refractivity contribution is -0.138. The molecule has 0 amide bonds. The van der Waals surface area contributed by atoms with Crippen LogP contribution in [0.2, 0.25) is 0 Å². The first-order chi connectivity index (χ1) is 8.04. The van der Waals surface area contributed by atoms with Crippen LogP contribution in [0.15, 0.2) is 18.2 Å². The number of aliphatic hydroxyl groups excluding tert-OH is 1. The molecule has 0 fully saturated rings. The molecule has 1 unspecified atom stereocenters. The summed E-state index contributed by atoms with van der Waals surface area (Å²) < 4.78 is 0. The fourth-order valence-corrected chi connectivity index (χ4v) is 1.46. The zero-order valence-electron chi connectivity index (χ0n) is 9.47. The van der Waals surface area contributed by atoms with E-state index in [1.807, 2.05) is 13.0 Å². The van der Waals surface area contributed by atoms with Crippen LogP contribution in [0.3, 0.4) is 0 Å². The lowest BCUT2D eigenvalue weighted by Gasteiger charge is -2.12. The maximum absolute atomic E-state index is 10.4. The molecule has 0 heterocycles. The molecule has 3 N–H and O–H groups in total. The highest BCUT2D eigenvalue weighted by atomic mass is 16.4. The van der Waals surface area contributed by atoms with E-state index in [1.54, 1.807) is 12.1 Å². The van der Waals surface area contributed by atoms with Crippen LogP contribution in [-0.2, 0) is 4.79 Å². The largest absolute Gasteiger partial charge is 0.481 e. The lowest BCUT2D eigenvalue weighted by atomic mass is 10.1. The smallest absolute Gasteiger partial charge is 0.306 e. The molecule has 0 bridgehead atoms. The number of aliphatic hydroxyl groups is 1. The van der Waals surface area contributed by atoms with E-state index in [4.69, 9.17) is 10.4 Å². The summed E-state index contributed by atoms with van der Waals surface area (Å²) in [5.41, 5.74) is 1.96.